The van der Waals surface area contributed by atoms with Gasteiger partial charge in [0.1, 0.15) is 6.33 Å². The van der Waals surface area contributed by atoms with E-state index < -0.39 is 4.92 Å². The molecule has 0 unspecified atom stereocenters. The maximum atomic E-state index is 11.3. The van der Waals surface area contributed by atoms with E-state index in [4.69, 9.17) is 4.74 Å². The summed E-state index contributed by atoms with van der Waals surface area (Å²) in [6.45, 7) is 0.867. The summed E-state index contributed by atoms with van der Waals surface area (Å²) < 4.78 is 4.91. The van der Waals surface area contributed by atoms with E-state index in [0.29, 0.717) is 18.2 Å². The van der Waals surface area contributed by atoms with E-state index >= 15 is 0 Å². The summed E-state index contributed by atoms with van der Waals surface area (Å²) in [4.78, 5) is 19.7. The molecule has 0 aliphatic heterocycles. The molecule has 0 spiro atoms. The lowest BCUT2D eigenvalue weighted by Gasteiger charge is -2.07. The van der Waals surface area contributed by atoms with Crippen LogP contribution in [0.4, 0.5) is 11.5 Å². The van der Waals surface area contributed by atoms with Gasteiger partial charge in [-0.1, -0.05) is 30.0 Å². The molecule has 2 rings (SSSR count). The lowest BCUT2D eigenvalue weighted by atomic mass is 10.4. The van der Waals surface area contributed by atoms with Crippen LogP contribution in [0.5, 0.6) is 0 Å². The summed E-state index contributed by atoms with van der Waals surface area (Å²) in [7, 11) is 1.56. The zero-order chi connectivity index (χ0) is 15.1. The van der Waals surface area contributed by atoms with Crippen molar-refractivity contribution in [1.82, 2.24) is 9.97 Å². The van der Waals surface area contributed by atoms with Crippen LogP contribution in [-0.4, -0.2) is 35.2 Å². The Morgan fingerprint density at radius 1 is 1.33 bits per heavy atom. The molecule has 7 nitrogen and oxygen atoms in total. The van der Waals surface area contributed by atoms with Gasteiger partial charge in [-0.2, -0.15) is 0 Å². The maximum absolute atomic E-state index is 11.3. The summed E-state index contributed by atoms with van der Waals surface area (Å²) in [5.74, 6) is 0.200. The Bertz CT molecular complexity index is 610. The number of rotatable bonds is 7. The molecule has 0 fully saturated rings. The number of benzene rings is 1. The molecule has 0 amide bonds. The number of methoxy groups -OCH3 is 1. The van der Waals surface area contributed by atoms with Gasteiger partial charge in [0.2, 0.25) is 5.82 Å². The highest BCUT2D eigenvalue weighted by Crippen LogP contribution is 2.36. The first kappa shape index (κ1) is 15.2. The van der Waals surface area contributed by atoms with Gasteiger partial charge in [0.15, 0.2) is 5.03 Å². The lowest BCUT2D eigenvalue weighted by Crippen LogP contribution is -2.11. The summed E-state index contributed by atoms with van der Waals surface area (Å²) in [6.07, 6.45) is 1.31. The molecule has 0 aliphatic carbocycles. The summed E-state index contributed by atoms with van der Waals surface area (Å²) in [5, 5.41) is 14.5. The van der Waals surface area contributed by atoms with Crippen molar-refractivity contribution in [2.75, 3.05) is 25.6 Å². The van der Waals surface area contributed by atoms with Crippen molar-refractivity contribution >= 4 is 23.3 Å². The molecule has 1 aromatic heterocycles. The third kappa shape index (κ3) is 4.14. The van der Waals surface area contributed by atoms with Gasteiger partial charge in [-0.3, -0.25) is 10.1 Å². The van der Waals surface area contributed by atoms with Gasteiger partial charge in [0, 0.05) is 18.6 Å². The Morgan fingerprint density at radius 2 is 2.10 bits per heavy atom. The average Bonchev–Trinajstić information content (AvgIpc) is 2.48. The Hall–Kier alpha value is -2.19. The largest absolute Gasteiger partial charge is 0.383 e. The minimum atomic E-state index is -0.472. The first-order valence-corrected chi connectivity index (χ1v) is 6.99. The Kier molecular flexibility index (Phi) is 5.47. The van der Waals surface area contributed by atoms with E-state index in [2.05, 4.69) is 15.3 Å². The monoisotopic (exact) mass is 306 g/mol. The normalized spacial score (nSPS) is 10.3. The quantitative estimate of drug-likeness (QED) is 0.364. The number of nitrogens with one attached hydrogen (secondary N) is 1. The van der Waals surface area contributed by atoms with Gasteiger partial charge in [-0.25, -0.2) is 9.97 Å². The smallest absolute Gasteiger partial charge is 0.343 e. The number of hydrogen-bond donors (Lipinski definition) is 1. The van der Waals surface area contributed by atoms with E-state index in [1.807, 2.05) is 30.3 Å². The third-order valence-corrected chi connectivity index (χ3v) is 3.53. The highest BCUT2D eigenvalue weighted by atomic mass is 32.2. The second-order valence-electron chi connectivity index (χ2n) is 3.97. The molecule has 8 heteroatoms. The van der Waals surface area contributed by atoms with Crippen molar-refractivity contribution in [3.8, 4) is 0 Å². The van der Waals surface area contributed by atoms with Gasteiger partial charge < -0.3 is 10.1 Å². The van der Waals surface area contributed by atoms with Crippen LogP contribution < -0.4 is 5.32 Å². The van der Waals surface area contributed by atoms with Crippen LogP contribution >= 0.6 is 11.8 Å². The Labute approximate surface area is 125 Å². The van der Waals surface area contributed by atoms with E-state index in [9.17, 15) is 10.1 Å². The minimum Gasteiger partial charge on any atom is -0.383 e. The van der Waals surface area contributed by atoms with Crippen molar-refractivity contribution in [2.45, 2.75) is 9.92 Å². The molecule has 0 saturated heterocycles. The number of hydrogen-bond acceptors (Lipinski definition) is 7. The van der Waals surface area contributed by atoms with Crippen LogP contribution in [-0.2, 0) is 4.74 Å². The molecule has 1 N–H and O–H groups in total. The average molecular weight is 306 g/mol. The van der Waals surface area contributed by atoms with Crippen molar-refractivity contribution in [3.63, 3.8) is 0 Å². The van der Waals surface area contributed by atoms with Crippen molar-refractivity contribution in [3.05, 3.63) is 46.8 Å². The maximum Gasteiger partial charge on any atom is 0.343 e. The summed E-state index contributed by atoms with van der Waals surface area (Å²) in [5.41, 5.74) is -0.123. The Balaban J connectivity index is 2.28. The fraction of sp³-hybridized carbons (Fsp3) is 0.231. The molecular weight excluding hydrogens is 292 g/mol. The predicted octanol–water partition coefficient (Wildman–Crippen LogP) is 2.59. The van der Waals surface area contributed by atoms with Crippen molar-refractivity contribution in [1.29, 1.82) is 0 Å². The zero-order valence-electron chi connectivity index (χ0n) is 11.4. The number of nitro groups is 1. The molecule has 0 atom stereocenters. The topological polar surface area (TPSA) is 90.2 Å². The van der Waals surface area contributed by atoms with Crippen LogP contribution in [0.15, 0.2) is 46.6 Å². The van der Waals surface area contributed by atoms with E-state index in [0.717, 1.165) is 4.90 Å². The predicted molar refractivity (Wildman–Crippen MR) is 79.6 cm³/mol. The number of anilines is 1. The first-order valence-electron chi connectivity index (χ1n) is 6.17. The fourth-order valence-electron chi connectivity index (χ4n) is 1.60. The second kappa shape index (κ2) is 7.55. The number of nitrogens with zero attached hydrogens (tertiary/aromatic N) is 3. The lowest BCUT2D eigenvalue weighted by molar-refractivity contribution is -0.387. The standard InChI is InChI=1S/C13H14N4O3S/c1-20-8-7-14-12-11(17(18)19)13(16-9-15-12)21-10-5-3-2-4-6-10/h2-6,9H,7-8H2,1H3,(H,14,15,16). The SMILES string of the molecule is COCCNc1ncnc(Sc2ccccc2)c1[N+](=O)[O-]. The van der Waals surface area contributed by atoms with E-state index in [1.54, 1.807) is 7.11 Å². The molecule has 2 aromatic rings. The highest BCUT2D eigenvalue weighted by molar-refractivity contribution is 7.99. The van der Waals surface area contributed by atoms with E-state index in [-0.39, 0.29) is 11.5 Å². The molecular formula is C13H14N4O3S. The number of aromatic nitrogens is 2. The van der Waals surface area contributed by atoms with Gasteiger partial charge in [-0.15, -0.1) is 0 Å². The van der Waals surface area contributed by atoms with Crippen LogP contribution in [0.2, 0.25) is 0 Å². The zero-order valence-corrected chi connectivity index (χ0v) is 12.2. The van der Waals surface area contributed by atoms with E-state index in [1.165, 1.54) is 18.1 Å². The first-order chi connectivity index (χ1) is 10.2. The molecule has 110 valence electrons. The highest BCUT2D eigenvalue weighted by Gasteiger charge is 2.23. The van der Waals surface area contributed by atoms with Crippen LogP contribution in [0.3, 0.4) is 0 Å². The van der Waals surface area contributed by atoms with Crippen LogP contribution in [0.1, 0.15) is 0 Å². The summed E-state index contributed by atoms with van der Waals surface area (Å²) >= 11 is 1.23. The molecule has 21 heavy (non-hydrogen) atoms. The van der Waals surface area contributed by atoms with Gasteiger partial charge >= 0.3 is 5.69 Å². The second-order valence-corrected chi connectivity index (χ2v) is 5.03. The van der Waals surface area contributed by atoms with Crippen LogP contribution in [0.25, 0.3) is 0 Å². The van der Waals surface area contributed by atoms with Crippen LogP contribution in [0, 0.1) is 10.1 Å². The van der Waals surface area contributed by atoms with Crippen molar-refractivity contribution < 1.29 is 9.66 Å². The van der Waals surface area contributed by atoms with Gasteiger partial charge in [0.25, 0.3) is 0 Å². The Morgan fingerprint density at radius 3 is 2.76 bits per heavy atom. The summed E-state index contributed by atoms with van der Waals surface area (Å²) in [6, 6.07) is 9.36. The molecule has 0 bridgehead atoms. The molecule has 0 saturated carbocycles. The molecule has 1 heterocycles. The molecule has 0 aliphatic rings. The minimum absolute atomic E-state index is 0.123. The molecule has 1 aromatic carbocycles. The van der Waals surface area contributed by atoms with Crippen molar-refractivity contribution in [2.24, 2.45) is 0 Å². The number of ether oxygens (including phenoxy) is 1. The van der Waals surface area contributed by atoms with Gasteiger partial charge in [-0.05, 0) is 12.1 Å². The third-order valence-electron chi connectivity index (χ3n) is 2.53. The van der Waals surface area contributed by atoms with Gasteiger partial charge in [0.05, 0.1) is 11.5 Å². The molecule has 0 radical (unpaired) electrons. The fourth-order valence-corrected chi connectivity index (χ4v) is 2.49.